The van der Waals surface area contributed by atoms with Crippen LogP contribution in [0.25, 0.3) is 0 Å². The minimum Gasteiger partial charge on any atom is -0.493 e. The Hall–Kier alpha value is -2.69. The van der Waals surface area contributed by atoms with Gasteiger partial charge in [0.25, 0.3) is 5.91 Å². The molecule has 2 aromatic carbocycles. The van der Waals surface area contributed by atoms with Gasteiger partial charge in [-0.25, -0.2) is 0 Å². The fourth-order valence-electron chi connectivity index (χ4n) is 3.23. The number of carbonyl (C=O) groups excluding carboxylic acids is 1. The van der Waals surface area contributed by atoms with Crippen molar-refractivity contribution in [3.8, 4) is 17.2 Å². The second-order valence-corrected chi connectivity index (χ2v) is 6.05. The van der Waals surface area contributed by atoms with E-state index in [4.69, 9.17) is 14.2 Å². The van der Waals surface area contributed by atoms with E-state index in [1.165, 1.54) is 17.5 Å². The SMILES string of the molecule is COc1cc(CNC(=O)c2ccc3c(c2)CCC3)cc(OC)c1OC. The van der Waals surface area contributed by atoms with Crippen LogP contribution in [0.4, 0.5) is 0 Å². The third-order valence-electron chi connectivity index (χ3n) is 4.54. The zero-order valence-electron chi connectivity index (χ0n) is 14.8. The molecular formula is C20H23NO4. The summed E-state index contributed by atoms with van der Waals surface area (Å²) in [5.41, 5.74) is 4.23. The second-order valence-electron chi connectivity index (χ2n) is 6.05. The number of fused-ring (bicyclic) bond motifs is 1. The van der Waals surface area contributed by atoms with Gasteiger partial charge in [0.15, 0.2) is 11.5 Å². The first-order valence-corrected chi connectivity index (χ1v) is 8.35. The summed E-state index contributed by atoms with van der Waals surface area (Å²) < 4.78 is 16.0. The Labute approximate surface area is 147 Å². The molecule has 1 aliphatic carbocycles. The van der Waals surface area contributed by atoms with Crippen LogP contribution in [0.15, 0.2) is 30.3 Å². The molecule has 2 aromatic rings. The number of methoxy groups -OCH3 is 3. The highest BCUT2D eigenvalue weighted by atomic mass is 16.5. The Morgan fingerprint density at radius 3 is 2.28 bits per heavy atom. The van der Waals surface area contributed by atoms with Gasteiger partial charge >= 0.3 is 0 Å². The molecule has 132 valence electrons. The summed E-state index contributed by atoms with van der Waals surface area (Å²) >= 11 is 0. The molecule has 0 unspecified atom stereocenters. The van der Waals surface area contributed by atoms with Gasteiger partial charge in [0.05, 0.1) is 21.3 Å². The molecule has 0 aliphatic heterocycles. The van der Waals surface area contributed by atoms with Gasteiger partial charge < -0.3 is 19.5 Å². The average Bonchev–Trinajstić information content (AvgIpc) is 3.12. The minimum atomic E-state index is -0.0801. The minimum absolute atomic E-state index is 0.0801. The highest BCUT2D eigenvalue weighted by Gasteiger charge is 2.16. The first kappa shape index (κ1) is 17.1. The van der Waals surface area contributed by atoms with Crippen molar-refractivity contribution < 1.29 is 19.0 Å². The molecule has 1 amide bonds. The number of amides is 1. The van der Waals surface area contributed by atoms with E-state index in [1.807, 2.05) is 24.3 Å². The van der Waals surface area contributed by atoms with Gasteiger partial charge in [-0.05, 0) is 60.2 Å². The molecule has 0 saturated carbocycles. The van der Waals surface area contributed by atoms with Crippen molar-refractivity contribution in [3.63, 3.8) is 0 Å². The molecule has 1 aliphatic rings. The first-order valence-electron chi connectivity index (χ1n) is 8.35. The number of rotatable bonds is 6. The monoisotopic (exact) mass is 341 g/mol. The second kappa shape index (κ2) is 7.47. The molecule has 5 nitrogen and oxygen atoms in total. The molecule has 0 aromatic heterocycles. The van der Waals surface area contributed by atoms with E-state index in [0.717, 1.165) is 18.4 Å². The number of hydrogen-bond donors (Lipinski definition) is 1. The van der Waals surface area contributed by atoms with E-state index in [2.05, 4.69) is 11.4 Å². The fourth-order valence-corrected chi connectivity index (χ4v) is 3.23. The zero-order chi connectivity index (χ0) is 17.8. The first-order chi connectivity index (χ1) is 12.2. The molecule has 0 bridgehead atoms. The quantitative estimate of drug-likeness (QED) is 0.877. The van der Waals surface area contributed by atoms with Crippen LogP contribution in [-0.2, 0) is 19.4 Å². The largest absolute Gasteiger partial charge is 0.493 e. The van der Waals surface area contributed by atoms with Gasteiger partial charge in [-0.3, -0.25) is 4.79 Å². The summed E-state index contributed by atoms with van der Waals surface area (Å²) in [6, 6.07) is 9.65. The third-order valence-corrected chi connectivity index (χ3v) is 4.54. The average molecular weight is 341 g/mol. The van der Waals surface area contributed by atoms with Crippen LogP contribution in [0.5, 0.6) is 17.2 Å². The fraction of sp³-hybridized carbons (Fsp3) is 0.350. The van der Waals surface area contributed by atoms with Crippen molar-refractivity contribution in [3.05, 3.63) is 52.6 Å². The Morgan fingerprint density at radius 2 is 1.64 bits per heavy atom. The van der Waals surface area contributed by atoms with Crippen LogP contribution in [0, 0.1) is 0 Å². The number of ether oxygens (including phenoxy) is 3. The van der Waals surface area contributed by atoms with Crippen LogP contribution in [0.2, 0.25) is 0 Å². The Balaban J connectivity index is 1.73. The third kappa shape index (κ3) is 3.55. The lowest BCUT2D eigenvalue weighted by Gasteiger charge is -2.14. The van der Waals surface area contributed by atoms with E-state index in [-0.39, 0.29) is 5.91 Å². The van der Waals surface area contributed by atoms with Crippen molar-refractivity contribution in [2.45, 2.75) is 25.8 Å². The standard InChI is InChI=1S/C20H23NO4/c1-23-17-9-13(10-18(24-2)19(17)25-3)12-21-20(22)16-8-7-14-5-4-6-15(14)11-16/h7-11H,4-6,12H2,1-3H3,(H,21,22). The lowest BCUT2D eigenvalue weighted by molar-refractivity contribution is 0.0950. The maximum absolute atomic E-state index is 12.5. The van der Waals surface area contributed by atoms with Crippen LogP contribution < -0.4 is 19.5 Å². The van der Waals surface area contributed by atoms with Gasteiger partial charge in [0.1, 0.15) is 0 Å². The van der Waals surface area contributed by atoms with Crippen LogP contribution in [0.1, 0.15) is 33.5 Å². The van der Waals surface area contributed by atoms with Crippen molar-refractivity contribution >= 4 is 5.91 Å². The van der Waals surface area contributed by atoms with Crippen LogP contribution in [0.3, 0.4) is 0 Å². The summed E-state index contributed by atoms with van der Waals surface area (Å²) in [5.74, 6) is 1.61. The molecule has 1 N–H and O–H groups in total. The Bertz CT molecular complexity index is 760. The van der Waals surface area contributed by atoms with Crippen molar-refractivity contribution in [2.75, 3.05) is 21.3 Å². The molecule has 0 fully saturated rings. The highest BCUT2D eigenvalue weighted by molar-refractivity contribution is 5.94. The molecular weight excluding hydrogens is 318 g/mol. The molecule has 0 atom stereocenters. The summed E-state index contributed by atoms with van der Waals surface area (Å²) in [4.78, 5) is 12.5. The van der Waals surface area contributed by atoms with E-state index in [9.17, 15) is 4.79 Å². The lowest BCUT2D eigenvalue weighted by atomic mass is 10.1. The summed E-state index contributed by atoms with van der Waals surface area (Å²) in [6.45, 7) is 0.382. The number of aryl methyl sites for hydroxylation is 2. The summed E-state index contributed by atoms with van der Waals surface area (Å²) in [6.07, 6.45) is 3.35. The molecule has 0 spiro atoms. The van der Waals surface area contributed by atoms with Gasteiger partial charge in [0.2, 0.25) is 5.75 Å². The van der Waals surface area contributed by atoms with Crippen LogP contribution >= 0.6 is 0 Å². The predicted octanol–water partition coefficient (Wildman–Crippen LogP) is 3.13. The van der Waals surface area contributed by atoms with Gasteiger partial charge in [-0.15, -0.1) is 0 Å². The number of carbonyl (C=O) groups is 1. The maximum Gasteiger partial charge on any atom is 0.251 e. The van der Waals surface area contributed by atoms with E-state index in [0.29, 0.717) is 29.4 Å². The number of hydrogen-bond acceptors (Lipinski definition) is 4. The number of nitrogens with one attached hydrogen (secondary N) is 1. The Kier molecular flexibility index (Phi) is 5.12. The van der Waals surface area contributed by atoms with Gasteiger partial charge in [-0.2, -0.15) is 0 Å². The summed E-state index contributed by atoms with van der Waals surface area (Å²) in [5, 5.41) is 2.96. The zero-order valence-corrected chi connectivity index (χ0v) is 14.8. The summed E-state index contributed by atoms with van der Waals surface area (Å²) in [7, 11) is 4.71. The smallest absolute Gasteiger partial charge is 0.251 e. The molecule has 0 saturated heterocycles. The normalized spacial score (nSPS) is 12.4. The highest BCUT2D eigenvalue weighted by Crippen LogP contribution is 2.38. The molecule has 3 rings (SSSR count). The molecule has 5 heteroatoms. The lowest BCUT2D eigenvalue weighted by Crippen LogP contribution is -2.23. The molecule has 0 radical (unpaired) electrons. The molecule has 0 heterocycles. The molecule has 25 heavy (non-hydrogen) atoms. The van der Waals surface area contributed by atoms with Crippen molar-refractivity contribution in [1.82, 2.24) is 5.32 Å². The van der Waals surface area contributed by atoms with Crippen LogP contribution in [-0.4, -0.2) is 27.2 Å². The topological polar surface area (TPSA) is 56.8 Å². The van der Waals surface area contributed by atoms with E-state index >= 15 is 0 Å². The predicted molar refractivity (Wildman–Crippen MR) is 95.7 cm³/mol. The van der Waals surface area contributed by atoms with Crippen molar-refractivity contribution in [2.24, 2.45) is 0 Å². The number of benzene rings is 2. The van der Waals surface area contributed by atoms with Gasteiger partial charge in [-0.1, -0.05) is 6.07 Å². The van der Waals surface area contributed by atoms with Gasteiger partial charge in [0, 0.05) is 12.1 Å². The van der Waals surface area contributed by atoms with Crippen molar-refractivity contribution in [1.29, 1.82) is 0 Å². The maximum atomic E-state index is 12.5. The van der Waals surface area contributed by atoms with E-state index < -0.39 is 0 Å². The van der Waals surface area contributed by atoms with E-state index in [1.54, 1.807) is 21.3 Å². The Morgan fingerprint density at radius 1 is 0.960 bits per heavy atom.